The van der Waals surface area contributed by atoms with Gasteiger partial charge in [0.2, 0.25) is 6.10 Å². The van der Waals surface area contributed by atoms with E-state index >= 15 is 0 Å². The Hall–Kier alpha value is -0.650. The van der Waals surface area contributed by atoms with Gasteiger partial charge in [-0.15, -0.1) is 0 Å². The van der Waals surface area contributed by atoms with Crippen LogP contribution in [-0.2, 0) is 19.0 Å². The second-order valence-electron chi connectivity index (χ2n) is 1.81. The van der Waals surface area contributed by atoms with Crippen LogP contribution in [0.4, 0.5) is 0 Å². The van der Waals surface area contributed by atoms with Crippen LogP contribution in [0.15, 0.2) is 0 Å². The molecule has 0 spiro atoms. The minimum atomic E-state index is -1.28. The lowest BCUT2D eigenvalue weighted by atomic mass is 10.3. The van der Waals surface area contributed by atoms with E-state index in [0.29, 0.717) is 0 Å². The van der Waals surface area contributed by atoms with Crippen molar-refractivity contribution in [3.63, 3.8) is 0 Å². The van der Waals surface area contributed by atoms with E-state index in [2.05, 4.69) is 14.2 Å². The van der Waals surface area contributed by atoms with E-state index in [1.165, 1.54) is 21.3 Å². The monoisotopic (exact) mass is 164 g/mol. The van der Waals surface area contributed by atoms with Gasteiger partial charge in [-0.3, -0.25) is 0 Å². The van der Waals surface area contributed by atoms with Gasteiger partial charge < -0.3 is 19.3 Å². The van der Waals surface area contributed by atoms with Gasteiger partial charge in [-0.1, -0.05) is 0 Å². The zero-order chi connectivity index (χ0) is 8.85. The van der Waals surface area contributed by atoms with Gasteiger partial charge in [-0.25, -0.2) is 4.79 Å². The lowest BCUT2D eigenvalue weighted by molar-refractivity contribution is -0.187. The molecule has 0 aromatic carbocycles. The Labute approximate surface area is 64.9 Å². The summed E-state index contributed by atoms with van der Waals surface area (Å²) in [4.78, 5) is 10.8. The van der Waals surface area contributed by atoms with Crippen molar-refractivity contribution in [3.8, 4) is 0 Å². The number of carbonyl (C=O) groups excluding carboxylic acids is 1. The van der Waals surface area contributed by atoms with Gasteiger partial charge in [0.15, 0.2) is 6.29 Å². The molecule has 0 aliphatic carbocycles. The van der Waals surface area contributed by atoms with Gasteiger partial charge in [0, 0.05) is 14.2 Å². The van der Waals surface area contributed by atoms with Crippen molar-refractivity contribution in [2.75, 3.05) is 21.3 Å². The third-order valence-corrected chi connectivity index (χ3v) is 1.19. The highest BCUT2D eigenvalue weighted by molar-refractivity contribution is 5.74. The van der Waals surface area contributed by atoms with Gasteiger partial charge in [-0.2, -0.15) is 0 Å². The summed E-state index contributed by atoms with van der Waals surface area (Å²) in [6.45, 7) is 0. The average molecular weight is 164 g/mol. The Kier molecular flexibility index (Phi) is 4.76. The molecule has 0 aliphatic heterocycles. The van der Waals surface area contributed by atoms with Crippen LogP contribution in [0.2, 0.25) is 0 Å². The number of carbonyl (C=O) groups is 1. The lowest BCUT2D eigenvalue weighted by Gasteiger charge is -2.16. The highest BCUT2D eigenvalue weighted by atomic mass is 16.6. The van der Waals surface area contributed by atoms with Crippen molar-refractivity contribution in [2.24, 2.45) is 0 Å². The van der Waals surface area contributed by atoms with Crippen LogP contribution < -0.4 is 0 Å². The summed E-state index contributed by atoms with van der Waals surface area (Å²) in [7, 11) is 3.75. The van der Waals surface area contributed by atoms with Crippen molar-refractivity contribution in [1.29, 1.82) is 0 Å². The largest absolute Gasteiger partial charge is 0.467 e. The third-order valence-electron chi connectivity index (χ3n) is 1.19. The minimum absolute atomic E-state index is 0.665. The third kappa shape index (κ3) is 2.83. The summed E-state index contributed by atoms with van der Waals surface area (Å²) in [6.07, 6.45) is -2.36. The Morgan fingerprint density at radius 3 is 2.09 bits per heavy atom. The molecule has 5 heteroatoms. The van der Waals surface area contributed by atoms with Gasteiger partial charge in [-0.05, 0) is 0 Å². The molecule has 0 aromatic heterocycles. The molecule has 1 N–H and O–H groups in total. The molecule has 5 nitrogen and oxygen atoms in total. The molecule has 0 aliphatic rings. The molecule has 0 saturated heterocycles. The number of hydrogen-bond donors (Lipinski definition) is 1. The zero-order valence-corrected chi connectivity index (χ0v) is 6.73. The van der Waals surface area contributed by atoms with Crippen LogP contribution in [0.5, 0.6) is 0 Å². The molecule has 0 radical (unpaired) electrons. The van der Waals surface area contributed by atoms with Crippen molar-refractivity contribution < 1.29 is 24.1 Å². The standard InChI is InChI=1S/C6H12O5/c1-9-4(5(7)10-2)6(8)11-3/h4-5,7H,1-3H3. The molecule has 0 rings (SSSR count). The Morgan fingerprint density at radius 2 is 1.82 bits per heavy atom. The molecule has 0 fully saturated rings. The van der Waals surface area contributed by atoms with E-state index in [-0.39, 0.29) is 0 Å². The summed E-state index contributed by atoms with van der Waals surface area (Å²) in [6, 6.07) is 0. The predicted molar refractivity (Wildman–Crippen MR) is 35.8 cm³/mol. The summed E-state index contributed by atoms with van der Waals surface area (Å²) in [5.41, 5.74) is 0. The van der Waals surface area contributed by atoms with Crippen LogP contribution in [0, 0.1) is 0 Å². The molecule has 0 heterocycles. The van der Waals surface area contributed by atoms with E-state index in [1.54, 1.807) is 0 Å². The van der Waals surface area contributed by atoms with Crippen molar-refractivity contribution in [3.05, 3.63) is 0 Å². The SMILES string of the molecule is COC(=O)C(OC)C(O)OC. The highest BCUT2D eigenvalue weighted by Crippen LogP contribution is 2.00. The fourth-order valence-corrected chi connectivity index (χ4v) is 0.569. The average Bonchev–Trinajstić information content (AvgIpc) is 2.05. The van der Waals surface area contributed by atoms with Crippen molar-refractivity contribution in [2.45, 2.75) is 12.4 Å². The smallest absolute Gasteiger partial charge is 0.340 e. The molecule has 0 aromatic rings. The first-order valence-corrected chi connectivity index (χ1v) is 2.98. The number of esters is 1. The molecule has 66 valence electrons. The maximum absolute atomic E-state index is 10.8. The molecule has 0 amide bonds. The number of aliphatic hydroxyl groups excluding tert-OH is 1. The van der Waals surface area contributed by atoms with Crippen LogP contribution in [-0.4, -0.2) is 44.8 Å². The zero-order valence-electron chi connectivity index (χ0n) is 6.73. The summed E-state index contributed by atoms with van der Waals surface area (Å²) in [5, 5.41) is 8.97. The lowest BCUT2D eigenvalue weighted by Crippen LogP contribution is -2.37. The number of methoxy groups -OCH3 is 3. The molecule has 11 heavy (non-hydrogen) atoms. The summed E-state index contributed by atoms with van der Waals surface area (Å²) >= 11 is 0. The predicted octanol–water partition coefficient (Wildman–Crippen LogP) is -0.861. The summed E-state index contributed by atoms with van der Waals surface area (Å²) in [5.74, 6) is -0.665. The first-order valence-electron chi connectivity index (χ1n) is 2.98. The van der Waals surface area contributed by atoms with Gasteiger partial charge in [0.05, 0.1) is 7.11 Å². The Bertz CT molecular complexity index is 124. The van der Waals surface area contributed by atoms with Gasteiger partial charge in [0.25, 0.3) is 0 Å². The molecule has 0 saturated carbocycles. The first kappa shape index (κ1) is 10.3. The van der Waals surface area contributed by atoms with Crippen LogP contribution >= 0.6 is 0 Å². The fourth-order valence-electron chi connectivity index (χ4n) is 0.569. The molecular formula is C6H12O5. The molecule has 2 atom stereocenters. The second kappa shape index (κ2) is 5.06. The van der Waals surface area contributed by atoms with E-state index in [4.69, 9.17) is 5.11 Å². The van der Waals surface area contributed by atoms with Crippen molar-refractivity contribution in [1.82, 2.24) is 0 Å². The number of ether oxygens (including phenoxy) is 3. The van der Waals surface area contributed by atoms with Crippen LogP contribution in [0.1, 0.15) is 0 Å². The first-order chi connectivity index (χ1) is 5.17. The number of hydrogen-bond acceptors (Lipinski definition) is 5. The number of rotatable bonds is 4. The van der Waals surface area contributed by atoms with E-state index in [9.17, 15) is 4.79 Å². The highest BCUT2D eigenvalue weighted by Gasteiger charge is 2.27. The van der Waals surface area contributed by atoms with E-state index in [1.807, 2.05) is 0 Å². The van der Waals surface area contributed by atoms with E-state index < -0.39 is 18.4 Å². The van der Waals surface area contributed by atoms with Gasteiger partial charge >= 0.3 is 5.97 Å². The molecule has 0 bridgehead atoms. The van der Waals surface area contributed by atoms with Crippen LogP contribution in [0.3, 0.4) is 0 Å². The van der Waals surface area contributed by atoms with Crippen LogP contribution in [0.25, 0.3) is 0 Å². The minimum Gasteiger partial charge on any atom is -0.467 e. The van der Waals surface area contributed by atoms with Crippen molar-refractivity contribution >= 4 is 5.97 Å². The maximum atomic E-state index is 10.8. The summed E-state index contributed by atoms with van der Waals surface area (Å²) < 4.78 is 13.4. The number of aliphatic hydroxyl groups is 1. The quantitative estimate of drug-likeness (QED) is 0.432. The topological polar surface area (TPSA) is 65.0 Å². The molecule has 2 unspecified atom stereocenters. The Morgan fingerprint density at radius 1 is 1.27 bits per heavy atom. The molecular weight excluding hydrogens is 152 g/mol. The van der Waals surface area contributed by atoms with E-state index in [0.717, 1.165) is 0 Å². The fraction of sp³-hybridized carbons (Fsp3) is 0.833. The Balaban J connectivity index is 4.03. The second-order valence-corrected chi connectivity index (χ2v) is 1.81. The maximum Gasteiger partial charge on any atom is 0.340 e. The van der Waals surface area contributed by atoms with Gasteiger partial charge in [0.1, 0.15) is 0 Å². The normalized spacial score (nSPS) is 15.6.